The maximum Gasteiger partial charge on any atom is 0.258 e. The Hall–Kier alpha value is -3.10. The second kappa shape index (κ2) is 9.58. The fraction of sp³-hybridized carbons (Fsp3) is 0.208. The minimum Gasteiger partial charge on any atom is -0.497 e. The third kappa shape index (κ3) is 4.71. The molecule has 32 heavy (non-hydrogen) atoms. The Kier molecular flexibility index (Phi) is 6.62. The van der Waals surface area contributed by atoms with Crippen molar-refractivity contribution in [2.75, 3.05) is 12.4 Å². The van der Waals surface area contributed by atoms with Crippen molar-refractivity contribution in [3.8, 4) is 17.0 Å². The number of rotatable bonds is 7. The Balaban J connectivity index is 1.51. The third-order valence-electron chi connectivity index (χ3n) is 5.07. The van der Waals surface area contributed by atoms with Gasteiger partial charge in [0.25, 0.3) is 5.91 Å². The normalized spacial score (nSPS) is 10.9. The van der Waals surface area contributed by atoms with E-state index in [0.717, 1.165) is 43.8 Å². The fourth-order valence-corrected chi connectivity index (χ4v) is 5.30. The molecule has 4 rings (SSSR count). The van der Waals surface area contributed by atoms with Gasteiger partial charge in [0.1, 0.15) is 11.5 Å². The van der Waals surface area contributed by atoms with Gasteiger partial charge in [-0.15, -0.1) is 23.1 Å². The summed E-state index contributed by atoms with van der Waals surface area (Å²) in [5.41, 5.74) is 4.39. The van der Waals surface area contributed by atoms with E-state index in [-0.39, 0.29) is 5.91 Å². The van der Waals surface area contributed by atoms with Crippen molar-refractivity contribution in [2.24, 2.45) is 0 Å². The molecule has 1 N–H and O–H groups in total. The van der Waals surface area contributed by atoms with Crippen LogP contribution in [0, 0.1) is 20.8 Å². The van der Waals surface area contributed by atoms with E-state index in [1.54, 1.807) is 18.9 Å². The second-order valence-electron chi connectivity index (χ2n) is 7.19. The Labute approximate surface area is 195 Å². The number of thiazole rings is 1. The number of thioether (sulfide) groups is 1. The first-order valence-electron chi connectivity index (χ1n) is 10.0. The first-order chi connectivity index (χ1) is 15.5. The molecule has 0 bridgehead atoms. The van der Waals surface area contributed by atoms with Crippen LogP contribution < -0.4 is 10.1 Å². The molecule has 164 valence electrons. The predicted octanol–water partition coefficient (Wildman–Crippen LogP) is 6.28. The molecule has 2 heterocycles. The number of hydrogen-bond acceptors (Lipinski definition) is 7. The second-order valence-corrected chi connectivity index (χ2v) is 9.41. The highest BCUT2D eigenvalue weighted by molar-refractivity contribution is 7.98. The van der Waals surface area contributed by atoms with Crippen LogP contribution in [0.1, 0.15) is 32.3 Å². The molecular formula is C24H23N3O3S2. The number of aryl methyl sites for hydroxylation is 3. The summed E-state index contributed by atoms with van der Waals surface area (Å²) in [5, 5.41) is 7.55. The average Bonchev–Trinajstić information content (AvgIpc) is 3.33. The first-order valence-corrected chi connectivity index (χ1v) is 11.8. The molecule has 4 aromatic rings. The van der Waals surface area contributed by atoms with Gasteiger partial charge in [0, 0.05) is 26.7 Å². The highest BCUT2D eigenvalue weighted by Gasteiger charge is 2.17. The van der Waals surface area contributed by atoms with E-state index in [1.807, 2.05) is 69.3 Å². The fourth-order valence-electron chi connectivity index (χ4n) is 3.27. The van der Waals surface area contributed by atoms with Gasteiger partial charge in [-0.3, -0.25) is 10.1 Å². The van der Waals surface area contributed by atoms with Gasteiger partial charge < -0.3 is 9.26 Å². The van der Waals surface area contributed by atoms with Gasteiger partial charge in [0.2, 0.25) is 0 Å². The molecule has 0 aliphatic rings. The van der Waals surface area contributed by atoms with Crippen LogP contribution in [0.15, 0.2) is 57.9 Å². The van der Waals surface area contributed by atoms with E-state index in [4.69, 9.17) is 9.26 Å². The Morgan fingerprint density at radius 1 is 1.12 bits per heavy atom. The SMILES string of the molecule is COc1ccc(-c2nc(NC(=O)c3ccccc3SCc3c(C)noc3C)sc2C)cc1. The summed E-state index contributed by atoms with van der Waals surface area (Å²) in [6, 6.07) is 15.3. The quantitative estimate of drug-likeness (QED) is 0.324. The molecule has 1 amide bonds. The van der Waals surface area contributed by atoms with Crippen LogP contribution in [0.25, 0.3) is 11.3 Å². The largest absolute Gasteiger partial charge is 0.497 e. The maximum atomic E-state index is 13.1. The van der Waals surface area contributed by atoms with Crippen LogP contribution in [0.2, 0.25) is 0 Å². The van der Waals surface area contributed by atoms with E-state index in [2.05, 4.69) is 15.5 Å². The zero-order valence-corrected chi connectivity index (χ0v) is 19.9. The first kappa shape index (κ1) is 22.1. The molecule has 0 saturated carbocycles. The van der Waals surface area contributed by atoms with Gasteiger partial charge in [-0.25, -0.2) is 4.98 Å². The van der Waals surface area contributed by atoms with Gasteiger partial charge in [0.05, 0.1) is 24.1 Å². The van der Waals surface area contributed by atoms with Gasteiger partial charge in [-0.2, -0.15) is 0 Å². The lowest BCUT2D eigenvalue weighted by Crippen LogP contribution is -2.12. The standard InChI is InChI=1S/C24H23N3O3S2/c1-14-20(15(2)30-27-14)13-31-21-8-6-5-7-19(21)23(28)26-24-25-22(16(3)32-24)17-9-11-18(29-4)12-10-17/h5-12H,13H2,1-4H3,(H,25,26,28). The molecule has 2 aromatic carbocycles. The molecule has 0 aliphatic carbocycles. The van der Waals surface area contributed by atoms with Crippen LogP contribution in [-0.2, 0) is 5.75 Å². The van der Waals surface area contributed by atoms with Crippen molar-refractivity contribution >= 4 is 34.1 Å². The van der Waals surface area contributed by atoms with E-state index < -0.39 is 0 Å². The predicted molar refractivity (Wildman–Crippen MR) is 129 cm³/mol. The van der Waals surface area contributed by atoms with Crippen LogP contribution >= 0.6 is 23.1 Å². The molecule has 2 aromatic heterocycles. The molecule has 8 heteroatoms. The number of benzene rings is 2. The number of carbonyl (C=O) groups is 1. The lowest BCUT2D eigenvalue weighted by Gasteiger charge is -2.08. The summed E-state index contributed by atoms with van der Waals surface area (Å²) in [7, 11) is 1.64. The van der Waals surface area contributed by atoms with Gasteiger partial charge >= 0.3 is 0 Å². The van der Waals surface area contributed by atoms with E-state index in [1.165, 1.54) is 11.3 Å². The van der Waals surface area contributed by atoms with Crippen molar-refractivity contribution in [1.82, 2.24) is 10.1 Å². The zero-order chi connectivity index (χ0) is 22.7. The molecule has 0 fully saturated rings. The van der Waals surface area contributed by atoms with Crippen molar-refractivity contribution in [2.45, 2.75) is 31.4 Å². The monoisotopic (exact) mass is 465 g/mol. The number of carbonyl (C=O) groups excluding carboxylic acids is 1. The number of aromatic nitrogens is 2. The number of anilines is 1. The highest BCUT2D eigenvalue weighted by atomic mass is 32.2. The van der Waals surface area contributed by atoms with Gasteiger partial charge in [0.15, 0.2) is 5.13 Å². The Morgan fingerprint density at radius 2 is 1.88 bits per heavy atom. The summed E-state index contributed by atoms with van der Waals surface area (Å²) >= 11 is 3.05. The molecule has 0 aliphatic heterocycles. The third-order valence-corrected chi connectivity index (χ3v) is 7.05. The number of nitrogens with one attached hydrogen (secondary N) is 1. The van der Waals surface area contributed by atoms with E-state index >= 15 is 0 Å². The molecular weight excluding hydrogens is 442 g/mol. The maximum absolute atomic E-state index is 13.1. The van der Waals surface area contributed by atoms with E-state index in [9.17, 15) is 4.79 Å². The number of nitrogens with zero attached hydrogens (tertiary/aromatic N) is 2. The van der Waals surface area contributed by atoms with Crippen LogP contribution in [0.3, 0.4) is 0 Å². The number of hydrogen-bond donors (Lipinski definition) is 1. The number of ether oxygens (including phenoxy) is 1. The van der Waals surface area contributed by atoms with Crippen molar-refractivity contribution in [3.05, 3.63) is 76.0 Å². The minimum absolute atomic E-state index is 0.179. The number of amides is 1. The van der Waals surface area contributed by atoms with Crippen molar-refractivity contribution < 1.29 is 14.1 Å². The van der Waals surface area contributed by atoms with Crippen LogP contribution in [0.4, 0.5) is 5.13 Å². The molecule has 0 radical (unpaired) electrons. The Bertz CT molecular complexity index is 1230. The highest BCUT2D eigenvalue weighted by Crippen LogP contribution is 2.33. The summed E-state index contributed by atoms with van der Waals surface area (Å²) in [6.07, 6.45) is 0. The molecule has 0 unspecified atom stereocenters. The lowest BCUT2D eigenvalue weighted by atomic mass is 10.1. The number of methoxy groups -OCH3 is 1. The summed E-state index contributed by atoms with van der Waals surface area (Å²) in [6.45, 7) is 5.83. The van der Waals surface area contributed by atoms with Crippen molar-refractivity contribution in [3.63, 3.8) is 0 Å². The van der Waals surface area contributed by atoms with E-state index in [0.29, 0.717) is 16.4 Å². The van der Waals surface area contributed by atoms with Crippen LogP contribution in [0.5, 0.6) is 5.75 Å². The summed E-state index contributed by atoms with van der Waals surface area (Å²) < 4.78 is 10.5. The average molecular weight is 466 g/mol. The van der Waals surface area contributed by atoms with Crippen molar-refractivity contribution in [1.29, 1.82) is 0 Å². The minimum atomic E-state index is -0.179. The molecule has 6 nitrogen and oxygen atoms in total. The lowest BCUT2D eigenvalue weighted by molar-refractivity contribution is 0.102. The summed E-state index contributed by atoms with van der Waals surface area (Å²) in [5.74, 6) is 2.10. The zero-order valence-electron chi connectivity index (χ0n) is 18.3. The molecule has 0 spiro atoms. The topological polar surface area (TPSA) is 77.2 Å². The Morgan fingerprint density at radius 3 is 2.56 bits per heavy atom. The molecule has 0 atom stereocenters. The van der Waals surface area contributed by atoms with Crippen LogP contribution in [-0.4, -0.2) is 23.2 Å². The van der Waals surface area contributed by atoms with Gasteiger partial charge in [-0.05, 0) is 57.2 Å². The smallest absolute Gasteiger partial charge is 0.258 e. The summed E-state index contributed by atoms with van der Waals surface area (Å²) in [4.78, 5) is 19.7. The molecule has 0 saturated heterocycles. The van der Waals surface area contributed by atoms with Gasteiger partial charge in [-0.1, -0.05) is 17.3 Å².